The second-order valence-electron chi connectivity index (χ2n) is 7.20. The van der Waals surface area contributed by atoms with Crippen LogP contribution in [0.15, 0.2) is 60.7 Å². The molecule has 7 heteroatoms. The van der Waals surface area contributed by atoms with Crippen molar-refractivity contribution in [2.75, 3.05) is 19.7 Å². The number of hydrogen-bond donors (Lipinski definition) is 0. The number of amides is 1. The van der Waals surface area contributed by atoms with Gasteiger partial charge in [0.2, 0.25) is 0 Å². The highest BCUT2D eigenvalue weighted by Crippen LogP contribution is 2.29. The summed E-state index contributed by atoms with van der Waals surface area (Å²) >= 11 is 6.00. The lowest BCUT2D eigenvalue weighted by Gasteiger charge is -2.33. The summed E-state index contributed by atoms with van der Waals surface area (Å²) in [5, 5.41) is 5.38. The smallest absolute Gasteiger partial charge is 0.325 e. The van der Waals surface area contributed by atoms with Gasteiger partial charge in [0, 0.05) is 17.1 Å². The van der Waals surface area contributed by atoms with E-state index in [1.54, 1.807) is 34.7 Å². The zero-order valence-electron chi connectivity index (χ0n) is 16.6. The summed E-state index contributed by atoms with van der Waals surface area (Å²) in [5.41, 5.74) is 3.19. The molecule has 2 aromatic carbocycles. The Bertz CT molecular complexity index is 1050. The van der Waals surface area contributed by atoms with Crippen LogP contribution in [0.1, 0.15) is 29.0 Å². The van der Waals surface area contributed by atoms with Crippen molar-refractivity contribution in [3.05, 3.63) is 76.9 Å². The van der Waals surface area contributed by atoms with Gasteiger partial charge in [-0.2, -0.15) is 5.10 Å². The molecule has 0 spiro atoms. The first-order valence-corrected chi connectivity index (χ1v) is 10.3. The maximum Gasteiger partial charge on any atom is 0.325 e. The van der Waals surface area contributed by atoms with Gasteiger partial charge >= 0.3 is 5.97 Å². The minimum atomic E-state index is -0.407. The van der Waals surface area contributed by atoms with Gasteiger partial charge in [0.15, 0.2) is 0 Å². The van der Waals surface area contributed by atoms with E-state index >= 15 is 0 Å². The maximum atomic E-state index is 13.1. The summed E-state index contributed by atoms with van der Waals surface area (Å²) in [6.45, 7) is 2.36. The van der Waals surface area contributed by atoms with Crippen LogP contribution >= 0.6 is 11.6 Å². The lowest BCUT2D eigenvalue weighted by atomic mass is 10.0. The number of hydrogen-bond acceptors (Lipinski definition) is 4. The van der Waals surface area contributed by atoms with E-state index in [2.05, 4.69) is 12.1 Å². The van der Waals surface area contributed by atoms with E-state index in [1.165, 1.54) is 0 Å². The van der Waals surface area contributed by atoms with E-state index in [1.807, 2.05) is 30.3 Å². The average molecular weight is 424 g/mol. The van der Waals surface area contributed by atoms with E-state index in [0.29, 0.717) is 29.4 Å². The SMILES string of the molecule is CCOC(=O)CN1CC(Cc2ccccc2)n2nc(-c3ccc(Cl)cc3)cc2C1=O. The Labute approximate surface area is 180 Å². The molecule has 6 nitrogen and oxygen atoms in total. The Morgan fingerprint density at radius 3 is 2.60 bits per heavy atom. The van der Waals surface area contributed by atoms with Crippen LogP contribution in [0.2, 0.25) is 5.02 Å². The van der Waals surface area contributed by atoms with Gasteiger partial charge in [0.25, 0.3) is 5.91 Å². The number of carbonyl (C=O) groups is 2. The van der Waals surface area contributed by atoms with E-state index in [-0.39, 0.29) is 25.1 Å². The number of halogens is 1. The molecule has 1 aliphatic heterocycles. The molecular weight excluding hydrogens is 402 g/mol. The molecule has 30 heavy (non-hydrogen) atoms. The summed E-state index contributed by atoms with van der Waals surface area (Å²) in [4.78, 5) is 26.7. The van der Waals surface area contributed by atoms with Crippen molar-refractivity contribution in [3.63, 3.8) is 0 Å². The first kappa shape index (κ1) is 20.2. The molecule has 0 N–H and O–H groups in total. The summed E-state index contributed by atoms with van der Waals surface area (Å²) in [6, 6.07) is 19.1. The van der Waals surface area contributed by atoms with Gasteiger partial charge in [-0.25, -0.2) is 0 Å². The highest BCUT2D eigenvalue weighted by molar-refractivity contribution is 6.30. The molecule has 0 fully saturated rings. The largest absolute Gasteiger partial charge is 0.465 e. The molecule has 1 atom stereocenters. The highest BCUT2D eigenvalue weighted by atomic mass is 35.5. The molecule has 2 heterocycles. The minimum Gasteiger partial charge on any atom is -0.465 e. The van der Waals surface area contributed by atoms with Crippen LogP contribution in [-0.2, 0) is 16.0 Å². The number of aromatic nitrogens is 2. The van der Waals surface area contributed by atoms with E-state index in [0.717, 1.165) is 11.1 Å². The normalized spacial score (nSPS) is 15.7. The van der Waals surface area contributed by atoms with Crippen molar-refractivity contribution in [3.8, 4) is 11.3 Å². The quantitative estimate of drug-likeness (QED) is 0.562. The van der Waals surface area contributed by atoms with Crippen LogP contribution in [0.3, 0.4) is 0 Å². The Morgan fingerprint density at radius 1 is 1.17 bits per heavy atom. The Kier molecular flexibility index (Phi) is 5.86. The number of fused-ring (bicyclic) bond motifs is 1. The van der Waals surface area contributed by atoms with E-state index in [9.17, 15) is 9.59 Å². The van der Waals surface area contributed by atoms with Crippen LogP contribution in [0.25, 0.3) is 11.3 Å². The minimum absolute atomic E-state index is 0.0700. The molecule has 0 bridgehead atoms. The fourth-order valence-corrected chi connectivity index (χ4v) is 3.83. The third-order valence-electron chi connectivity index (χ3n) is 5.10. The van der Waals surface area contributed by atoms with Gasteiger partial charge in [0.1, 0.15) is 12.2 Å². The standard InChI is InChI=1S/C23H22ClN3O3/c1-2-30-22(28)15-26-14-19(12-16-6-4-3-5-7-16)27-21(23(26)29)13-20(25-27)17-8-10-18(24)11-9-17/h3-11,13,19H,2,12,14-15H2,1H3. The molecule has 154 valence electrons. The predicted octanol–water partition coefficient (Wildman–Crippen LogP) is 4.01. The third-order valence-corrected chi connectivity index (χ3v) is 5.35. The third kappa shape index (κ3) is 4.24. The van der Waals surface area contributed by atoms with Crippen molar-refractivity contribution in [2.24, 2.45) is 0 Å². The Balaban J connectivity index is 1.69. The molecule has 0 radical (unpaired) electrons. The second kappa shape index (κ2) is 8.71. The van der Waals surface area contributed by atoms with Crippen LogP contribution in [0.4, 0.5) is 0 Å². The molecule has 0 saturated carbocycles. The zero-order valence-corrected chi connectivity index (χ0v) is 17.4. The van der Waals surface area contributed by atoms with E-state index in [4.69, 9.17) is 21.4 Å². The zero-order chi connectivity index (χ0) is 21.1. The fourth-order valence-electron chi connectivity index (χ4n) is 3.71. The van der Waals surface area contributed by atoms with E-state index < -0.39 is 5.97 Å². The summed E-state index contributed by atoms with van der Waals surface area (Å²) in [7, 11) is 0. The summed E-state index contributed by atoms with van der Waals surface area (Å²) in [5.74, 6) is -0.629. The number of carbonyl (C=O) groups excluding carboxylic acids is 2. The Morgan fingerprint density at radius 2 is 1.90 bits per heavy atom. The molecule has 1 aromatic heterocycles. The van der Waals surface area contributed by atoms with Crippen molar-refractivity contribution < 1.29 is 14.3 Å². The second-order valence-corrected chi connectivity index (χ2v) is 7.64. The number of esters is 1. The number of rotatable bonds is 6. The van der Waals surface area contributed by atoms with Gasteiger partial charge in [-0.15, -0.1) is 0 Å². The molecule has 0 saturated heterocycles. The topological polar surface area (TPSA) is 64.4 Å². The first-order chi connectivity index (χ1) is 14.5. The van der Waals surface area contributed by atoms with Crippen LogP contribution < -0.4 is 0 Å². The van der Waals surface area contributed by atoms with Gasteiger partial charge in [-0.3, -0.25) is 14.3 Å². The number of nitrogens with zero attached hydrogens (tertiary/aromatic N) is 3. The van der Waals surface area contributed by atoms with Crippen molar-refractivity contribution in [1.29, 1.82) is 0 Å². The van der Waals surface area contributed by atoms with Crippen molar-refractivity contribution in [2.45, 2.75) is 19.4 Å². The monoisotopic (exact) mass is 423 g/mol. The number of benzene rings is 2. The first-order valence-electron chi connectivity index (χ1n) is 9.89. The van der Waals surface area contributed by atoms with Gasteiger partial charge in [-0.1, -0.05) is 54.1 Å². The van der Waals surface area contributed by atoms with Crippen molar-refractivity contribution >= 4 is 23.5 Å². The van der Waals surface area contributed by atoms with Crippen LogP contribution in [0.5, 0.6) is 0 Å². The lowest BCUT2D eigenvalue weighted by Crippen LogP contribution is -2.46. The Hall–Kier alpha value is -3.12. The predicted molar refractivity (Wildman–Crippen MR) is 114 cm³/mol. The molecule has 1 unspecified atom stereocenters. The molecule has 0 aliphatic carbocycles. The highest BCUT2D eigenvalue weighted by Gasteiger charge is 2.34. The van der Waals surface area contributed by atoms with Gasteiger partial charge in [-0.05, 0) is 37.1 Å². The van der Waals surface area contributed by atoms with Crippen LogP contribution in [-0.4, -0.2) is 46.3 Å². The molecule has 1 aliphatic rings. The molecule has 4 rings (SSSR count). The van der Waals surface area contributed by atoms with Crippen LogP contribution in [0, 0.1) is 0 Å². The molecular formula is C23H22ClN3O3. The summed E-state index contributed by atoms with van der Waals surface area (Å²) in [6.07, 6.45) is 0.697. The van der Waals surface area contributed by atoms with Crippen molar-refractivity contribution in [1.82, 2.24) is 14.7 Å². The maximum absolute atomic E-state index is 13.1. The lowest BCUT2D eigenvalue weighted by molar-refractivity contribution is -0.144. The molecule has 3 aromatic rings. The average Bonchev–Trinajstić information content (AvgIpc) is 3.19. The van der Waals surface area contributed by atoms with Gasteiger partial charge < -0.3 is 9.64 Å². The summed E-state index contributed by atoms with van der Waals surface area (Å²) < 4.78 is 6.85. The van der Waals surface area contributed by atoms with Gasteiger partial charge in [0.05, 0.1) is 18.3 Å². The fraction of sp³-hybridized carbons (Fsp3) is 0.261. The molecule has 1 amide bonds. The number of ether oxygens (including phenoxy) is 1.